The number of hydrogen-bond donors (Lipinski definition) is 0. The van der Waals surface area contributed by atoms with Gasteiger partial charge < -0.3 is 14.4 Å². The van der Waals surface area contributed by atoms with Gasteiger partial charge in [-0.25, -0.2) is 9.97 Å². The minimum Gasteiger partial charge on any atom is -0.491 e. The normalized spacial score (nSPS) is 12.0. The predicted octanol–water partition coefficient (Wildman–Crippen LogP) is 9.27. The van der Waals surface area contributed by atoms with E-state index in [0.29, 0.717) is 11.8 Å². The fraction of sp³-hybridized carbons (Fsp3) is 0.158. The van der Waals surface area contributed by atoms with Crippen molar-refractivity contribution in [2.24, 2.45) is 0 Å². The Morgan fingerprint density at radius 1 is 0.711 bits per heavy atom. The second-order valence-electron chi connectivity index (χ2n) is 11.2. The van der Waals surface area contributed by atoms with Crippen LogP contribution in [0.3, 0.4) is 0 Å². The molecule has 1 aliphatic rings. The average Bonchev–Trinajstić information content (AvgIpc) is 3.72. The molecule has 7 heteroatoms. The zero-order valence-corrected chi connectivity index (χ0v) is 28.2. The van der Waals surface area contributed by atoms with Gasteiger partial charge in [-0.05, 0) is 35.1 Å². The molecule has 0 spiro atoms. The largest absolute Gasteiger partial charge is 3.00 e. The third kappa shape index (κ3) is 6.75. The zero-order chi connectivity index (χ0) is 30.5. The summed E-state index contributed by atoms with van der Waals surface area (Å²) in [7, 11) is 0. The SMILES string of the molecule is CC(C)c1cccc(C(C)C)c1-n1ccnc1-c1[c-]cccc1.[Ir+3].[c-]1ccccc1N1[CH-]N(c2ccccc2)c2ncncc21. The molecule has 6 aromatic rings. The van der Waals surface area contributed by atoms with E-state index in [1.54, 1.807) is 6.33 Å². The topological polar surface area (TPSA) is 50.1 Å². The molecule has 0 fully saturated rings. The van der Waals surface area contributed by atoms with Gasteiger partial charge in [-0.15, -0.1) is 48.3 Å². The van der Waals surface area contributed by atoms with Crippen LogP contribution in [0.1, 0.15) is 50.7 Å². The van der Waals surface area contributed by atoms with Gasteiger partial charge in [0.15, 0.2) is 0 Å². The van der Waals surface area contributed by atoms with Crippen molar-refractivity contribution < 1.29 is 20.1 Å². The minimum absolute atomic E-state index is 0. The molecule has 6 nitrogen and oxygen atoms in total. The van der Waals surface area contributed by atoms with Crippen LogP contribution < -0.4 is 9.80 Å². The molecule has 0 N–H and O–H groups in total. The van der Waals surface area contributed by atoms with Crippen LogP contribution in [0.25, 0.3) is 17.1 Å². The fourth-order valence-corrected chi connectivity index (χ4v) is 5.41. The van der Waals surface area contributed by atoms with Gasteiger partial charge in [0, 0.05) is 23.8 Å². The summed E-state index contributed by atoms with van der Waals surface area (Å²) in [6.45, 7) is 11.0. The predicted molar refractivity (Wildman–Crippen MR) is 178 cm³/mol. The van der Waals surface area contributed by atoms with E-state index in [4.69, 9.17) is 0 Å². The molecule has 0 bridgehead atoms. The van der Waals surface area contributed by atoms with Crippen molar-refractivity contribution in [1.29, 1.82) is 0 Å². The second-order valence-corrected chi connectivity index (χ2v) is 11.2. The standard InChI is InChI=1S/C21H23N2.C17H12N4.Ir/c1-15(2)18-11-8-12-19(16(3)4)20(18)23-14-13-22-21(23)17-9-6-5-7-10-17;1-3-7-14(8-4-1)20-13-21(15-9-5-2-6-10-15)17-16(20)11-18-12-19-17;/h5-9,11-16H,1-4H3;1-7,9-13H;/q-1;-2;+3. The quantitative estimate of drug-likeness (QED) is 0.158. The van der Waals surface area contributed by atoms with Crippen LogP contribution in [0.4, 0.5) is 22.9 Å². The van der Waals surface area contributed by atoms with E-state index < -0.39 is 0 Å². The zero-order valence-electron chi connectivity index (χ0n) is 25.8. The van der Waals surface area contributed by atoms with Crippen LogP contribution in [-0.4, -0.2) is 19.5 Å². The van der Waals surface area contributed by atoms with Crippen LogP contribution in [0, 0.1) is 18.8 Å². The number of anilines is 4. The first-order valence-electron chi connectivity index (χ1n) is 14.9. The van der Waals surface area contributed by atoms with E-state index in [0.717, 1.165) is 34.3 Å². The third-order valence-electron chi connectivity index (χ3n) is 7.55. The van der Waals surface area contributed by atoms with Crippen molar-refractivity contribution in [1.82, 2.24) is 19.5 Å². The third-order valence-corrected chi connectivity index (χ3v) is 7.55. The first-order valence-corrected chi connectivity index (χ1v) is 14.9. The fourth-order valence-electron chi connectivity index (χ4n) is 5.41. The van der Waals surface area contributed by atoms with Crippen LogP contribution in [-0.2, 0) is 20.1 Å². The molecule has 4 aromatic carbocycles. The van der Waals surface area contributed by atoms with E-state index in [2.05, 4.69) is 107 Å². The van der Waals surface area contributed by atoms with Crippen molar-refractivity contribution in [3.63, 3.8) is 0 Å². The van der Waals surface area contributed by atoms with Gasteiger partial charge in [0.05, 0.1) is 17.7 Å². The number of imidazole rings is 1. The Bertz CT molecular complexity index is 1710. The van der Waals surface area contributed by atoms with E-state index in [9.17, 15) is 0 Å². The summed E-state index contributed by atoms with van der Waals surface area (Å²) in [5, 5.41) is 0. The average molecular weight is 768 g/mol. The summed E-state index contributed by atoms with van der Waals surface area (Å²) >= 11 is 0. The Morgan fingerprint density at radius 3 is 2.04 bits per heavy atom. The number of nitrogens with zero attached hydrogens (tertiary/aromatic N) is 6. The van der Waals surface area contributed by atoms with Crippen LogP contribution in [0.2, 0.25) is 0 Å². The molecule has 0 unspecified atom stereocenters. The van der Waals surface area contributed by atoms with Crippen LogP contribution in [0.15, 0.2) is 122 Å². The van der Waals surface area contributed by atoms with Crippen molar-refractivity contribution in [2.75, 3.05) is 9.80 Å². The molecule has 0 atom stereocenters. The summed E-state index contributed by atoms with van der Waals surface area (Å²) in [5.74, 6) is 2.73. The summed E-state index contributed by atoms with van der Waals surface area (Å²) < 4.78 is 2.22. The Labute approximate surface area is 279 Å². The van der Waals surface area contributed by atoms with Crippen LogP contribution >= 0.6 is 0 Å². The molecule has 2 aromatic heterocycles. The molecule has 7 rings (SSSR count). The molecule has 0 aliphatic carbocycles. The molecular formula is C38H35IrN6. The number of para-hydroxylation sites is 3. The maximum atomic E-state index is 4.60. The number of aromatic nitrogens is 4. The second kappa shape index (κ2) is 14.5. The number of hydrogen-bond acceptors (Lipinski definition) is 5. The van der Waals surface area contributed by atoms with Crippen molar-refractivity contribution in [3.8, 4) is 17.1 Å². The summed E-state index contributed by atoms with van der Waals surface area (Å²) in [6, 6.07) is 39.2. The molecule has 226 valence electrons. The van der Waals surface area contributed by atoms with Gasteiger partial charge in [-0.3, -0.25) is 4.98 Å². The van der Waals surface area contributed by atoms with Gasteiger partial charge in [0.1, 0.15) is 12.1 Å². The summed E-state index contributed by atoms with van der Waals surface area (Å²) in [5.41, 5.74) is 7.97. The summed E-state index contributed by atoms with van der Waals surface area (Å²) in [4.78, 5) is 17.3. The smallest absolute Gasteiger partial charge is 0.491 e. The van der Waals surface area contributed by atoms with E-state index >= 15 is 0 Å². The van der Waals surface area contributed by atoms with Crippen LogP contribution in [0.5, 0.6) is 0 Å². The van der Waals surface area contributed by atoms with Gasteiger partial charge in [-0.1, -0.05) is 64.1 Å². The molecule has 1 aliphatic heterocycles. The first-order chi connectivity index (χ1) is 21.5. The molecule has 0 radical (unpaired) electrons. The molecule has 45 heavy (non-hydrogen) atoms. The van der Waals surface area contributed by atoms with Crippen molar-refractivity contribution in [2.45, 2.75) is 39.5 Å². The van der Waals surface area contributed by atoms with Gasteiger partial charge in [0.2, 0.25) is 0 Å². The van der Waals surface area contributed by atoms with Crippen molar-refractivity contribution >= 4 is 22.9 Å². The Hall–Kier alpha value is -4.58. The van der Waals surface area contributed by atoms with E-state index in [-0.39, 0.29) is 20.1 Å². The Morgan fingerprint density at radius 2 is 1.40 bits per heavy atom. The molecule has 0 saturated carbocycles. The number of rotatable bonds is 6. The van der Waals surface area contributed by atoms with Gasteiger partial charge in [0.25, 0.3) is 0 Å². The molecule has 3 heterocycles. The monoisotopic (exact) mass is 768 g/mol. The first kappa shape index (κ1) is 31.8. The van der Waals surface area contributed by atoms with Gasteiger partial charge in [-0.2, -0.15) is 30.3 Å². The molecule has 0 saturated heterocycles. The molecular weight excluding hydrogens is 733 g/mol. The maximum Gasteiger partial charge on any atom is 3.00 e. The van der Waals surface area contributed by atoms with Gasteiger partial charge >= 0.3 is 20.1 Å². The number of benzene rings is 4. The van der Waals surface area contributed by atoms with E-state index in [1.165, 1.54) is 16.8 Å². The maximum absolute atomic E-state index is 4.60. The molecule has 0 amide bonds. The minimum atomic E-state index is 0. The van der Waals surface area contributed by atoms with E-state index in [1.807, 2.05) is 84.6 Å². The van der Waals surface area contributed by atoms with Crippen molar-refractivity contribution in [3.05, 3.63) is 152 Å². The number of fused-ring (bicyclic) bond motifs is 1. The Balaban J connectivity index is 0.000000174. The Kier molecular flexibility index (Phi) is 10.2. The summed E-state index contributed by atoms with van der Waals surface area (Å²) in [6.07, 6.45) is 7.32.